The van der Waals surface area contributed by atoms with Crippen molar-refractivity contribution in [3.05, 3.63) is 108 Å². The van der Waals surface area contributed by atoms with Gasteiger partial charge >= 0.3 is 0 Å². The van der Waals surface area contributed by atoms with Crippen LogP contribution in [0.4, 0.5) is 5.82 Å². The van der Waals surface area contributed by atoms with E-state index in [-0.39, 0.29) is 11.9 Å². The van der Waals surface area contributed by atoms with Crippen LogP contribution in [0.5, 0.6) is 11.5 Å². The average molecular weight is 546 g/mol. The Morgan fingerprint density at radius 2 is 1.78 bits per heavy atom. The number of anilines is 1. The zero-order valence-corrected chi connectivity index (χ0v) is 23.1. The number of amides is 1. The summed E-state index contributed by atoms with van der Waals surface area (Å²) in [4.78, 5) is 28.5. The van der Waals surface area contributed by atoms with E-state index >= 15 is 0 Å². The number of ether oxygens (including phenoxy) is 2. The number of aromatic nitrogens is 3. The second kappa shape index (κ2) is 11.6. The van der Waals surface area contributed by atoms with E-state index in [4.69, 9.17) is 9.47 Å². The molecule has 1 fully saturated rings. The Morgan fingerprint density at radius 1 is 0.902 bits per heavy atom. The molecule has 0 radical (unpaired) electrons. The highest BCUT2D eigenvalue weighted by Crippen LogP contribution is 2.32. The van der Waals surface area contributed by atoms with Crippen LogP contribution < -0.4 is 14.8 Å². The number of carbonyl (C=O) groups excluding carboxylic acids is 1. The van der Waals surface area contributed by atoms with E-state index < -0.39 is 0 Å². The number of pyridine rings is 1. The molecule has 2 aromatic heterocycles. The molecule has 1 amide bonds. The van der Waals surface area contributed by atoms with E-state index in [1.54, 1.807) is 32.8 Å². The number of hydrogen-bond donors (Lipinski definition) is 1. The first-order valence-corrected chi connectivity index (χ1v) is 13.6. The van der Waals surface area contributed by atoms with Crippen molar-refractivity contribution in [3.63, 3.8) is 0 Å². The molecule has 0 bridgehead atoms. The lowest BCUT2D eigenvalue weighted by Gasteiger charge is -2.22. The summed E-state index contributed by atoms with van der Waals surface area (Å²) >= 11 is 0. The van der Waals surface area contributed by atoms with Crippen molar-refractivity contribution in [3.8, 4) is 22.6 Å². The number of carbonyl (C=O) groups is 1. The van der Waals surface area contributed by atoms with Crippen LogP contribution in [-0.4, -0.2) is 46.0 Å². The van der Waals surface area contributed by atoms with E-state index in [9.17, 15) is 4.79 Å². The SMILES string of the molecule is COc1ccc(CNc2ncnc3ccc(-c4cccc(CN(C(=O)c5ccccn5)C5CC5)c4)cc23)c(OC)c1. The van der Waals surface area contributed by atoms with Gasteiger partial charge in [0.25, 0.3) is 5.91 Å². The van der Waals surface area contributed by atoms with Gasteiger partial charge in [-0.05, 0) is 72.0 Å². The van der Waals surface area contributed by atoms with Gasteiger partial charge < -0.3 is 19.7 Å². The van der Waals surface area contributed by atoms with Gasteiger partial charge in [0.05, 0.1) is 19.7 Å². The van der Waals surface area contributed by atoms with Gasteiger partial charge in [-0.25, -0.2) is 9.97 Å². The lowest BCUT2D eigenvalue weighted by Crippen LogP contribution is -2.33. The van der Waals surface area contributed by atoms with Crippen molar-refractivity contribution < 1.29 is 14.3 Å². The van der Waals surface area contributed by atoms with Crippen molar-refractivity contribution in [1.82, 2.24) is 19.9 Å². The largest absolute Gasteiger partial charge is 0.497 e. The first-order valence-electron chi connectivity index (χ1n) is 13.6. The molecular formula is C33H31N5O3. The van der Waals surface area contributed by atoms with Crippen molar-refractivity contribution in [2.24, 2.45) is 0 Å². The molecule has 6 rings (SSSR count). The second-order valence-electron chi connectivity index (χ2n) is 10.1. The first-order chi connectivity index (χ1) is 20.1. The van der Waals surface area contributed by atoms with Gasteiger partial charge in [-0.15, -0.1) is 0 Å². The average Bonchev–Trinajstić information content (AvgIpc) is 3.88. The number of nitrogens with one attached hydrogen (secondary N) is 1. The van der Waals surface area contributed by atoms with Gasteiger partial charge in [0.1, 0.15) is 29.3 Å². The maximum atomic E-state index is 13.2. The summed E-state index contributed by atoms with van der Waals surface area (Å²) in [5.74, 6) is 2.21. The number of rotatable bonds is 10. The van der Waals surface area contributed by atoms with Crippen molar-refractivity contribution in [2.75, 3.05) is 19.5 Å². The molecule has 1 aliphatic rings. The fourth-order valence-electron chi connectivity index (χ4n) is 4.99. The Morgan fingerprint density at radius 3 is 2.56 bits per heavy atom. The predicted octanol–water partition coefficient (Wildman–Crippen LogP) is 6.13. The Hall–Kier alpha value is -4.98. The number of nitrogens with zero attached hydrogens (tertiary/aromatic N) is 4. The van der Waals surface area contributed by atoms with Crippen LogP contribution in [0, 0.1) is 0 Å². The Bertz CT molecular complexity index is 1690. The third-order valence-corrected chi connectivity index (χ3v) is 7.32. The molecule has 0 unspecified atom stereocenters. The van der Waals surface area contributed by atoms with Crippen molar-refractivity contribution in [2.45, 2.75) is 32.0 Å². The molecule has 0 spiro atoms. The highest BCUT2D eigenvalue weighted by atomic mass is 16.5. The molecule has 1 N–H and O–H groups in total. The summed E-state index contributed by atoms with van der Waals surface area (Å²) in [6, 6.07) is 26.0. The third kappa shape index (κ3) is 5.82. The smallest absolute Gasteiger partial charge is 0.272 e. The minimum absolute atomic E-state index is 0.0226. The quantitative estimate of drug-likeness (QED) is 0.226. The van der Waals surface area contributed by atoms with E-state index in [2.05, 4.69) is 50.6 Å². The summed E-state index contributed by atoms with van der Waals surface area (Å²) in [5.41, 5.74) is 5.52. The molecule has 0 atom stereocenters. The molecule has 41 heavy (non-hydrogen) atoms. The highest BCUT2D eigenvalue weighted by Gasteiger charge is 2.33. The Balaban J connectivity index is 1.25. The van der Waals surface area contributed by atoms with Gasteiger partial charge in [-0.2, -0.15) is 0 Å². The zero-order valence-electron chi connectivity index (χ0n) is 23.1. The summed E-state index contributed by atoms with van der Waals surface area (Å²) in [7, 11) is 3.29. The number of hydrogen-bond acceptors (Lipinski definition) is 7. The minimum Gasteiger partial charge on any atom is -0.497 e. The van der Waals surface area contributed by atoms with Crippen LogP contribution >= 0.6 is 0 Å². The monoisotopic (exact) mass is 545 g/mol. The van der Waals surface area contributed by atoms with E-state index in [0.29, 0.717) is 18.8 Å². The fraction of sp³-hybridized carbons (Fsp3) is 0.212. The Kier molecular flexibility index (Phi) is 7.45. The predicted molar refractivity (Wildman–Crippen MR) is 159 cm³/mol. The molecule has 1 aliphatic carbocycles. The molecular weight excluding hydrogens is 514 g/mol. The molecule has 8 nitrogen and oxygen atoms in total. The normalized spacial score (nSPS) is 12.6. The minimum atomic E-state index is -0.0226. The maximum Gasteiger partial charge on any atom is 0.272 e. The lowest BCUT2D eigenvalue weighted by atomic mass is 10.0. The number of fused-ring (bicyclic) bond motifs is 1. The topological polar surface area (TPSA) is 89.5 Å². The number of benzene rings is 3. The standard InChI is InChI=1S/C33H31N5O3/c1-40-27-13-9-25(31(18-27)41-2)19-35-32-28-17-24(10-14-29(28)36-21-37-32)23-7-5-6-22(16-23)20-38(26-11-12-26)33(39)30-8-3-4-15-34-30/h3-10,13-18,21,26H,11-12,19-20H2,1-2H3,(H,35,36,37). The summed E-state index contributed by atoms with van der Waals surface area (Å²) in [6.07, 6.45) is 5.29. The van der Waals surface area contributed by atoms with Gasteiger partial charge in [0, 0.05) is 42.3 Å². The summed E-state index contributed by atoms with van der Waals surface area (Å²) in [5, 5.41) is 4.38. The van der Waals surface area contributed by atoms with Crippen LogP contribution in [0.3, 0.4) is 0 Å². The molecule has 0 aliphatic heterocycles. The highest BCUT2D eigenvalue weighted by molar-refractivity contribution is 5.93. The molecule has 1 saturated carbocycles. The zero-order chi connectivity index (χ0) is 28.2. The van der Waals surface area contributed by atoms with Gasteiger partial charge in [0.2, 0.25) is 0 Å². The second-order valence-corrected chi connectivity index (χ2v) is 10.1. The van der Waals surface area contributed by atoms with Crippen LogP contribution in [0.25, 0.3) is 22.0 Å². The van der Waals surface area contributed by atoms with Crippen molar-refractivity contribution in [1.29, 1.82) is 0 Å². The summed E-state index contributed by atoms with van der Waals surface area (Å²) in [6.45, 7) is 1.07. The molecule has 0 saturated heterocycles. The van der Waals surface area contributed by atoms with E-state index in [1.165, 1.54) is 0 Å². The van der Waals surface area contributed by atoms with Gasteiger partial charge in [0.15, 0.2) is 0 Å². The van der Waals surface area contributed by atoms with Gasteiger partial charge in [-0.1, -0.05) is 30.3 Å². The van der Waals surface area contributed by atoms with Crippen LogP contribution in [0.1, 0.15) is 34.5 Å². The Labute approximate surface area is 239 Å². The molecule has 206 valence electrons. The molecule has 3 aromatic carbocycles. The maximum absolute atomic E-state index is 13.2. The van der Waals surface area contributed by atoms with Crippen molar-refractivity contribution >= 4 is 22.6 Å². The molecule has 2 heterocycles. The van der Waals surface area contributed by atoms with E-state index in [1.807, 2.05) is 47.4 Å². The third-order valence-electron chi connectivity index (χ3n) is 7.32. The van der Waals surface area contributed by atoms with Gasteiger partial charge in [-0.3, -0.25) is 9.78 Å². The first kappa shape index (κ1) is 26.3. The summed E-state index contributed by atoms with van der Waals surface area (Å²) < 4.78 is 10.9. The molecule has 8 heteroatoms. The lowest BCUT2D eigenvalue weighted by molar-refractivity contribution is 0.0724. The molecule has 5 aromatic rings. The van der Waals surface area contributed by atoms with Crippen LogP contribution in [0.15, 0.2) is 91.4 Å². The fourth-order valence-corrected chi connectivity index (χ4v) is 4.99. The van der Waals surface area contributed by atoms with Crippen LogP contribution in [-0.2, 0) is 13.1 Å². The van der Waals surface area contributed by atoms with E-state index in [0.717, 1.165) is 63.3 Å². The van der Waals surface area contributed by atoms with Crippen LogP contribution in [0.2, 0.25) is 0 Å². The number of methoxy groups -OCH3 is 2.